The van der Waals surface area contributed by atoms with E-state index in [9.17, 15) is 14.9 Å². The van der Waals surface area contributed by atoms with Crippen molar-refractivity contribution < 1.29 is 14.3 Å². The molecule has 1 amide bonds. The first-order valence-corrected chi connectivity index (χ1v) is 15.1. The van der Waals surface area contributed by atoms with Crippen LogP contribution in [0, 0.1) is 18.3 Å². The number of Topliss-reactive ketones (excluding diaryl/α,β-unsaturated/α-hetero) is 1. The van der Waals surface area contributed by atoms with Gasteiger partial charge < -0.3 is 10.5 Å². The summed E-state index contributed by atoms with van der Waals surface area (Å²) in [5.74, 6) is -0.119. The van der Waals surface area contributed by atoms with Gasteiger partial charge in [-0.25, -0.2) is 0 Å². The van der Waals surface area contributed by atoms with E-state index in [-0.39, 0.29) is 28.8 Å². The molecule has 0 bridgehead atoms. The molecule has 1 aliphatic carbocycles. The lowest BCUT2D eigenvalue weighted by molar-refractivity contribution is -0.116. The van der Waals surface area contributed by atoms with Gasteiger partial charge in [0.15, 0.2) is 10.1 Å². The molecule has 0 saturated heterocycles. The number of halogens is 1. The topological polar surface area (TPSA) is 160 Å². The van der Waals surface area contributed by atoms with Crippen LogP contribution in [0.3, 0.4) is 0 Å². The standard InChI is InChI=1S/C24H21BrN8O3S3/c1-11-29-30-22(38-11)28-18(35)10-37-24-32-31-23(39-24)33-15-4-3-5-16(34)20(15)19(14(9-26)21(33)27)13-8-12(25)6-7-17(13)36-2/h6-8,19H,3-5,10,27H2,1-2H3,(H,28,30,35). The van der Waals surface area contributed by atoms with Crippen LogP contribution < -0.4 is 20.7 Å². The van der Waals surface area contributed by atoms with Crippen molar-refractivity contribution in [2.45, 2.75) is 36.4 Å². The Morgan fingerprint density at radius 3 is 2.85 bits per heavy atom. The zero-order valence-corrected chi connectivity index (χ0v) is 24.8. The number of ketones is 1. The van der Waals surface area contributed by atoms with Crippen LogP contribution in [-0.4, -0.2) is 44.9 Å². The molecule has 11 nitrogen and oxygen atoms in total. The van der Waals surface area contributed by atoms with E-state index >= 15 is 0 Å². The van der Waals surface area contributed by atoms with Crippen LogP contribution in [0.25, 0.3) is 0 Å². The average Bonchev–Trinajstić information content (AvgIpc) is 3.55. The zero-order chi connectivity index (χ0) is 27.7. The Kier molecular flexibility index (Phi) is 7.98. The van der Waals surface area contributed by atoms with Gasteiger partial charge in [0.2, 0.25) is 16.2 Å². The van der Waals surface area contributed by atoms with Gasteiger partial charge in [-0.1, -0.05) is 50.4 Å². The number of rotatable bonds is 7. The van der Waals surface area contributed by atoms with E-state index in [0.29, 0.717) is 56.4 Å². The minimum Gasteiger partial charge on any atom is -0.496 e. The van der Waals surface area contributed by atoms with E-state index in [4.69, 9.17) is 10.5 Å². The average molecular weight is 646 g/mol. The lowest BCUT2D eigenvalue weighted by Crippen LogP contribution is -2.38. The molecule has 3 aromatic rings. The number of nitrogens with zero attached hydrogens (tertiary/aromatic N) is 6. The van der Waals surface area contributed by atoms with Gasteiger partial charge in [-0.3, -0.25) is 19.8 Å². The molecule has 1 unspecified atom stereocenters. The highest BCUT2D eigenvalue weighted by Crippen LogP contribution is 2.49. The van der Waals surface area contributed by atoms with Gasteiger partial charge in [-0.2, -0.15) is 5.26 Å². The van der Waals surface area contributed by atoms with Gasteiger partial charge in [0.05, 0.1) is 30.4 Å². The Balaban J connectivity index is 1.47. The SMILES string of the molecule is COc1ccc(Br)cc1C1C(C#N)=C(N)N(c2nnc(SCC(=O)Nc3nnc(C)s3)s2)C2=C1C(=O)CCC2. The third-order valence-electron chi connectivity index (χ3n) is 6.10. The number of nitriles is 1. The number of aryl methyl sites for hydroxylation is 1. The number of anilines is 2. The summed E-state index contributed by atoms with van der Waals surface area (Å²) in [6.45, 7) is 1.81. The molecule has 3 heterocycles. The maximum atomic E-state index is 13.4. The van der Waals surface area contributed by atoms with Crippen LogP contribution in [0.15, 0.2) is 49.7 Å². The minimum absolute atomic E-state index is 0.0452. The molecule has 0 fully saturated rings. The molecule has 5 rings (SSSR count). The highest BCUT2D eigenvalue weighted by atomic mass is 79.9. The van der Waals surface area contributed by atoms with Crippen molar-refractivity contribution in [2.75, 3.05) is 23.1 Å². The van der Waals surface area contributed by atoms with Crippen molar-refractivity contribution in [3.63, 3.8) is 0 Å². The van der Waals surface area contributed by atoms with E-state index in [0.717, 1.165) is 9.48 Å². The Bertz CT molecular complexity index is 1570. The lowest BCUT2D eigenvalue weighted by Gasteiger charge is -2.38. The number of amides is 1. The minimum atomic E-state index is -0.670. The number of carbonyl (C=O) groups is 2. The Morgan fingerprint density at radius 1 is 1.31 bits per heavy atom. The highest BCUT2D eigenvalue weighted by Gasteiger charge is 2.42. The normalized spacial score (nSPS) is 17.2. The number of thioether (sulfide) groups is 1. The van der Waals surface area contributed by atoms with Crippen molar-refractivity contribution in [2.24, 2.45) is 5.73 Å². The molecule has 1 atom stereocenters. The van der Waals surface area contributed by atoms with Gasteiger partial charge >= 0.3 is 0 Å². The number of hydrogen-bond donors (Lipinski definition) is 2. The zero-order valence-electron chi connectivity index (χ0n) is 20.7. The fourth-order valence-corrected chi connectivity index (χ4v) is 7.20. The maximum Gasteiger partial charge on any atom is 0.236 e. The van der Waals surface area contributed by atoms with Crippen molar-refractivity contribution in [3.05, 3.63) is 55.9 Å². The van der Waals surface area contributed by atoms with E-state index in [1.54, 1.807) is 18.1 Å². The fraction of sp³-hybridized carbons (Fsp3) is 0.292. The summed E-state index contributed by atoms with van der Waals surface area (Å²) >= 11 is 7.24. The number of carbonyl (C=O) groups excluding carboxylic acids is 2. The third-order valence-corrected chi connectivity index (χ3v) is 9.39. The van der Waals surface area contributed by atoms with Gasteiger partial charge in [0.25, 0.3) is 0 Å². The van der Waals surface area contributed by atoms with Gasteiger partial charge in [0, 0.05) is 27.7 Å². The predicted octanol–water partition coefficient (Wildman–Crippen LogP) is 4.50. The molecule has 1 aromatic carbocycles. The van der Waals surface area contributed by atoms with E-state index in [1.807, 2.05) is 19.1 Å². The Labute approximate surface area is 244 Å². The summed E-state index contributed by atoms with van der Waals surface area (Å²) in [6.07, 6.45) is 1.61. The van der Waals surface area contributed by atoms with Crippen LogP contribution in [0.1, 0.15) is 35.8 Å². The number of methoxy groups -OCH3 is 1. The maximum absolute atomic E-state index is 13.4. The first kappa shape index (κ1) is 27.3. The second-order valence-electron chi connectivity index (χ2n) is 8.52. The summed E-state index contributed by atoms with van der Waals surface area (Å²) in [5, 5.41) is 30.9. The first-order valence-electron chi connectivity index (χ1n) is 11.7. The summed E-state index contributed by atoms with van der Waals surface area (Å²) < 4.78 is 6.92. The molecule has 0 saturated carbocycles. The lowest BCUT2D eigenvalue weighted by atomic mass is 9.75. The summed E-state index contributed by atoms with van der Waals surface area (Å²) in [5.41, 5.74) is 8.76. The van der Waals surface area contributed by atoms with E-state index in [1.165, 1.54) is 34.4 Å². The van der Waals surface area contributed by atoms with Crippen molar-refractivity contribution >= 4 is 72.3 Å². The number of ether oxygens (including phenoxy) is 1. The number of hydrogen-bond acceptors (Lipinski definition) is 13. The molecule has 1 aliphatic heterocycles. The number of nitrogens with two attached hydrogens (primary N) is 1. The van der Waals surface area contributed by atoms with Crippen molar-refractivity contribution in [1.29, 1.82) is 5.26 Å². The molecule has 3 N–H and O–H groups in total. The number of nitrogens with one attached hydrogen (secondary N) is 1. The Morgan fingerprint density at radius 2 is 2.13 bits per heavy atom. The number of allylic oxidation sites excluding steroid dienone is 3. The van der Waals surface area contributed by atoms with Crippen LogP contribution in [0.4, 0.5) is 10.3 Å². The number of benzene rings is 1. The van der Waals surface area contributed by atoms with Crippen molar-refractivity contribution in [3.8, 4) is 11.8 Å². The molecule has 15 heteroatoms. The number of aromatic nitrogens is 4. The summed E-state index contributed by atoms with van der Waals surface area (Å²) in [6, 6.07) is 7.72. The fourth-order valence-electron chi connectivity index (χ4n) is 4.53. The quantitative estimate of drug-likeness (QED) is 0.348. The van der Waals surface area contributed by atoms with E-state index < -0.39 is 5.92 Å². The second kappa shape index (κ2) is 11.4. The van der Waals surface area contributed by atoms with Crippen LogP contribution in [0.5, 0.6) is 5.75 Å². The second-order valence-corrected chi connectivity index (χ2v) is 12.8. The first-order chi connectivity index (χ1) is 18.8. The summed E-state index contributed by atoms with van der Waals surface area (Å²) in [4.78, 5) is 27.4. The van der Waals surface area contributed by atoms with Crippen molar-refractivity contribution in [1.82, 2.24) is 20.4 Å². The Hall–Kier alpha value is -3.32. The molecule has 2 aliphatic rings. The monoisotopic (exact) mass is 644 g/mol. The molecule has 2 aromatic heterocycles. The summed E-state index contributed by atoms with van der Waals surface area (Å²) in [7, 11) is 1.55. The molecule has 0 spiro atoms. The highest BCUT2D eigenvalue weighted by molar-refractivity contribution is 9.10. The predicted molar refractivity (Wildman–Crippen MR) is 153 cm³/mol. The molecule has 0 radical (unpaired) electrons. The molecular weight excluding hydrogens is 624 g/mol. The van der Waals surface area contributed by atoms with Crippen LogP contribution >= 0.6 is 50.4 Å². The molecule has 39 heavy (non-hydrogen) atoms. The van der Waals surface area contributed by atoms with Crippen LogP contribution in [-0.2, 0) is 9.59 Å². The molecule has 200 valence electrons. The van der Waals surface area contributed by atoms with E-state index in [2.05, 4.69) is 47.7 Å². The smallest absolute Gasteiger partial charge is 0.236 e. The van der Waals surface area contributed by atoms with Gasteiger partial charge in [-0.05, 0) is 38.0 Å². The van der Waals surface area contributed by atoms with Crippen LogP contribution in [0.2, 0.25) is 0 Å². The van der Waals surface area contributed by atoms with Gasteiger partial charge in [-0.15, -0.1) is 20.4 Å². The molecular formula is C24H21BrN8O3S3. The largest absolute Gasteiger partial charge is 0.496 e. The third kappa shape index (κ3) is 5.42. The van der Waals surface area contributed by atoms with Gasteiger partial charge in [0.1, 0.15) is 16.6 Å².